The van der Waals surface area contributed by atoms with E-state index >= 15 is 0 Å². The van der Waals surface area contributed by atoms with Gasteiger partial charge in [0.2, 0.25) is 0 Å². The molecular formula is C22H24N3. The molecule has 0 bridgehead atoms. The molecule has 1 radical (unpaired) electrons. The van der Waals surface area contributed by atoms with Gasteiger partial charge in [-0.3, -0.25) is 0 Å². The molecule has 127 valence electrons. The Hall–Kier alpha value is -2.94. The molecule has 3 rings (SSSR count). The van der Waals surface area contributed by atoms with E-state index in [2.05, 4.69) is 88.7 Å². The van der Waals surface area contributed by atoms with Crippen LogP contribution in [0.3, 0.4) is 0 Å². The fourth-order valence-electron chi connectivity index (χ4n) is 3.19. The van der Waals surface area contributed by atoms with Gasteiger partial charge in [-0.2, -0.15) is 0 Å². The molecule has 3 N–H and O–H groups in total. The Morgan fingerprint density at radius 2 is 0.760 bits per heavy atom. The van der Waals surface area contributed by atoms with E-state index in [-0.39, 0.29) is 0 Å². The molecule has 3 heteroatoms. The van der Waals surface area contributed by atoms with Gasteiger partial charge in [-0.1, -0.05) is 54.6 Å². The van der Waals surface area contributed by atoms with Crippen LogP contribution in [0, 0.1) is 5.92 Å². The van der Waals surface area contributed by atoms with Crippen molar-refractivity contribution in [2.45, 2.75) is 0 Å². The highest BCUT2D eigenvalue weighted by atomic mass is 14.8. The van der Waals surface area contributed by atoms with Crippen LogP contribution in [0.25, 0.3) is 0 Å². The fraction of sp³-hybridized carbons (Fsp3) is 0.136. The minimum absolute atomic E-state index is 1.11. The molecule has 0 aromatic heterocycles. The first-order valence-electron chi connectivity index (χ1n) is 8.48. The summed E-state index contributed by atoms with van der Waals surface area (Å²) >= 11 is 0. The highest BCUT2D eigenvalue weighted by Crippen LogP contribution is 2.40. The van der Waals surface area contributed by atoms with Crippen molar-refractivity contribution in [2.24, 2.45) is 0 Å². The van der Waals surface area contributed by atoms with E-state index in [1.54, 1.807) is 0 Å². The molecule has 0 saturated carbocycles. The van der Waals surface area contributed by atoms with Crippen LogP contribution in [0.2, 0.25) is 0 Å². The van der Waals surface area contributed by atoms with Crippen LogP contribution in [0.4, 0.5) is 17.1 Å². The fourth-order valence-corrected chi connectivity index (χ4v) is 3.19. The van der Waals surface area contributed by atoms with Crippen LogP contribution < -0.4 is 16.0 Å². The van der Waals surface area contributed by atoms with Crippen LogP contribution >= 0.6 is 0 Å². The molecule has 0 aliphatic rings. The summed E-state index contributed by atoms with van der Waals surface area (Å²) in [5.74, 6) is 1.19. The smallest absolute Gasteiger partial charge is 0.0692 e. The standard InChI is InChI=1S/C22H24N3/c1-23-19-13-7-4-10-16(19)22(17-11-5-8-14-20(17)24-2)18-12-6-9-15-21(18)25-3/h4-15,23-25H,1-3H3. The molecule has 0 aliphatic carbocycles. The highest BCUT2D eigenvalue weighted by molar-refractivity contribution is 5.77. The Morgan fingerprint density at radius 3 is 1.04 bits per heavy atom. The maximum Gasteiger partial charge on any atom is 0.0692 e. The van der Waals surface area contributed by atoms with Crippen LogP contribution in [-0.2, 0) is 0 Å². The largest absolute Gasteiger partial charge is 0.388 e. The van der Waals surface area contributed by atoms with E-state index in [0.717, 1.165) is 17.1 Å². The van der Waals surface area contributed by atoms with Gasteiger partial charge < -0.3 is 16.0 Å². The second kappa shape index (κ2) is 7.75. The zero-order chi connectivity index (χ0) is 17.6. The number of anilines is 3. The normalized spacial score (nSPS) is 10.6. The minimum atomic E-state index is 1.11. The quantitative estimate of drug-likeness (QED) is 0.567. The maximum absolute atomic E-state index is 3.33. The molecular weight excluding hydrogens is 306 g/mol. The van der Waals surface area contributed by atoms with E-state index in [1.165, 1.54) is 22.6 Å². The van der Waals surface area contributed by atoms with Gasteiger partial charge in [0.1, 0.15) is 0 Å². The molecule has 0 atom stereocenters. The summed E-state index contributed by atoms with van der Waals surface area (Å²) in [5, 5.41) is 9.99. The molecule has 0 aliphatic heterocycles. The van der Waals surface area contributed by atoms with Crippen molar-refractivity contribution in [1.29, 1.82) is 0 Å². The Balaban J connectivity index is 2.29. The lowest BCUT2D eigenvalue weighted by Crippen LogP contribution is -2.11. The minimum Gasteiger partial charge on any atom is -0.388 e. The molecule has 0 fully saturated rings. The van der Waals surface area contributed by atoms with E-state index < -0.39 is 0 Å². The number of benzene rings is 3. The van der Waals surface area contributed by atoms with Crippen molar-refractivity contribution in [1.82, 2.24) is 0 Å². The number of nitrogens with one attached hydrogen (secondary N) is 3. The molecule has 0 heterocycles. The van der Waals surface area contributed by atoms with Gasteiger partial charge in [0.25, 0.3) is 0 Å². The van der Waals surface area contributed by atoms with Crippen molar-refractivity contribution in [2.75, 3.05) is 37.1 Å². The molecule has 3 aromatic rings. The second-order valence-corrected chi connectivity index (χ2v) is 5.76. The van der Waals surface area contributed by atoms with E-state index in [1.807, 2.05) is 21.1 Å². The van der Waals surface area contributed by atoms with Gasteiger partial charge in [-0.25, -0.2) is 0 Å². The first-order valence-corrected chi connectivity index (χ1v) is 8.48. The number of hydrogen-bond acceptors (Lipinski definition) is 3. The lowest BCUT2D eigenvalue weighted by atomic mass is 9.82. The van der Waals surface area contributed by atoms with Gasteiger partial charge in [-0.05, 0) is 34.9 Å². The highest BCUT2D eigenvalue weighted by Gasteiger charge is 2.24. The van der Waals surface area contributed by atoms with Crippen LogP contribution in [0.5, 0.6) is 0 Å². The van der Waals surface area contributed by atoms with Crippen LogP contribution in [-0.4, -0.2) is 21.1 Å². The van der Waals surface area contributed by atoms with E-state index in [9.17, 15) is 0 Å². The van der Waals surface area contributed by atoms with Crippen LogP contribution in [0.15, 0.2) is 72.8 Å². The molecule has 3 aromatic carbocycles. The summed E-state index contributed by atoms with van der Waals surface area (Å²) in [5.41, 5.74) is 6.85. The summed E-state index contributed by atoms with van der Waals surface area (Å²) in [6, 6.07) is 25.3. The average Bonchev–Trinajstić information content (AvgIpc) is 2.69. The first kappa shape index (κ1) is 16.9. The maximum atomic E-state index is 3.33. The van der Waals surface area contributed by atoms with Crippen molar-refractivity contribution >= 4 is 17.1 Å². The van der Waals surface area contributed by atoms with Crippen molar-refractivity contribution in [3.63, 3.8) is 0 Å². The summed E-state index contributed by atoms with van der Waals surface area (Å²) in [6.45, 7) is 0. The molecule has 25 heavy (non-hydrogen) atoms. The van der Waals surface area contributed by atoms with Gasteiger partial charge in [-0.15, -0.1) is 0 Å². The molecule has 0 spiro atoms. The second-order valence-electron chi connectivity index (χ2n) is 5.76. The van der Waals surface area contributed by atoms with Crippen molar-refractivity contribution in [3.8, 4) is 0 Å². The van der Waals surface area contributed by atoms with Gasteiger partial charge >= 0.3 is 0 Å². The molecule has 0 unspecified atom stereocenters. The average molecular weight is 330 g/mol. The first-order chi connectivity index (χ1) is 12.3. The summed E-state index contributed by atoms with van der Waals surface area (Å²) in [7, 11) is 5.89. The predicted molar refractivity (Wildman–Crippen MR) is 109 cm³/mol. The summed E-state index contributed by atoms with van der Waals surface area (Å²) in [6.07, 6.45) is 0. The number of para-hydroxylation sites is 3. The van der Waals surface area contributed by atoms with Gasteiger partial charge in [0.05, 0.1) is 5.92 Å². The molecule has 0 amide bonds. The van der Waals surface area contributed by atoms with E-state index in [0.29, 0.717) is 0 Å². The zero-order valence-electron chi connectivity index (χ0n) is 14.9. The summed E-state index contributed by atoms with van der Waals surface area (Å²) in [4.78, 5) is 0. The Bertz CT molecular complexity index is 729. The monoisotopic (exact) mass is 330 g/mol. The lowest BCUT2D eigenvalue weighted by molar-refractivity contribution is 1.21. The van der Waals surface area contributed by atoms with Crippen molar-refractivity contribution in [3.05, 3.63) is 95.4 Å². The Kier molecular flexibility index (Phi) is 5.24. The number of rotatable bonds is 6. The van der Waals surface area contributed by atoms with E-state index in [4.69, 9.17) is 0 Å². The third kappa shape index (κ3) is 3.31. The topological polar surface area (TPSA) is 36.1 Å². The van der Waals surface area contributed by atoms with Crippen LogP contribution in [0.1, 0.15) is 16.7 Å². The number of hydrogen-bond donors (Lipinski definition) is 3. The third-order valence-corrected chi connectivity index (χ3v) is 4.40. The lowest BCUT2D eigenvalue weighted by Gasteiger charge is -2.25. The Labute approximate surface area is 150 Å². The van der Waals surface area contributed by atoms with Gasteiger partial charge in [0, 0.05) is 38.2 Å². The van der Waals surface area contributed by atoms with Gasteiger partial charge in [0.15, 0.2) is 0 Å². The molecule has 0 saturated heterocycles. The SMILES string of the molecule is CNc1ccccc1[C](c1ccccc1NC)c1ccccc1NC. The zero-order valence-corrected chi connectivity index (χ0v) is 14.9. The third-order valence-electron chi connectivity index (χ3n) is 4.40. The molecule has 3 nitrogen and oxygen atoms in total. The summed E-state index contributed by atoms with van der Waals surface area (Å²) < 4.78 is 0. The van der Waals surface area contributed by atoms with Crippen molar-refractivity contribution < 1.29 is 0 Å². The Morgan fingerprint density at radius 1 is 0.480 bits per heavy atom. The predicted octanol–water partition coefficient (Wildman–Crippen LogP) is 4.83.